The van der Waals surface area contributed by atoms with Crippen LogP contribution >= 0.6 is 0 Å². The van der Waals surface area contributed by atoms with Crippen molar-refractivity contribution in [3.8, 4) is 17.2 Å². The third-order valence-corrected chi connectivity index (χ3v) is 6.01. The van der Waals surface area contributed by atoms with E-state index in [2.05, 4.69) is 12.2 Å². The molecule has 0 saturated heterocycles. The van der Waals surface area contributed by atoms with Gasteiger partial charge < -0.3 is 24.4 Å². The molecule has 0 aromatic heterocycles. The molecule has 0 unspecified atom stereocenters. The molecule has 3 aromatic carbocycles. The van der Waals surface area contributed by atoms with Crippen LogP contribution in [0.1, 0.15) is 30.9 Å². The third-order valence-electron chi connectivity index (χ3n) is 6.01. The third kappa shape index (κ3) is 8.27. The number of unbranched alkanes of at least 4 members (excludes halogenated alkanes) is 1. The minimum absolute atomic E-state index is 0.189. The topological polar surface area (TPSA) is 77.1 Å². The maximum Gasteiger partial charge on any atom is 0.261 e. The number of benzene rings is 3. The standard InChI is InChI=1S/C30H36N2O5/c1-4-5-18-31-30(34)26(20-23-12-7-6-8-13-23)32(21-24-14-11-15-25(19-24)35-2)29(33)22-37-28-17-10-9-16-27(28)36-3/h6-17,19,26H,4-5,18,20-22H2,1-3H3,(H,31,34)/t26-/m0/s1. The Morgan fingerprint density at radius 3 is 2.27 bits per heavy atom. The Labute approximate surface area is 219 Å². The molecule has 1 N–H and O–H groups in total. The van der Waals surface area contributed by atoms with E-state index in [1.165, 1.54) is 0 Å². The maximum absolute atomic E-state index is 13.7. The number of amides is 2. The molecule has 196 valence electrons. The van der Waals surface area contributed by atoms with Crippen LogP contribution in [-0.4, -0.2) is 50.1 Å². The van der Waals surface area contributed by atoms with Gasteiger partial charge in [-0.15, -0.1) is 0 Å². The number of methoxy groups -OCH3 is 2. The van der Waals surface area contributed by atoms with Gasteiger partial charge in [0.25, 0.3) is 5.91 Å². The molecule has 3 aromatic rings. The summed E-state index contributed by atoms with van der Waals surface area (Å²) in [4.78, 5) is 28.8. The molecule has 0 fully saturated rings. The van der Waals surface area contributed by atoms with Crippen molar-refractivity contribution in [1.82, 2.24) is 10.2 Å². The number of para-hydroxylation sites is 2. The Balaban J connectivity index is 1.91. The van der Waals surface area contributed by atoms with Gasteiger partial charge in [-0.2, -0.15) is 0 Å². The largest absolute Gasteiger partial charge is 0.497 e. The van der Waals surface area contributed by atoms with E-state index >= 15 is 0 Å². The molecule has 1 atom stereocenters. The quantitative estimate of drug-likeness (QED) is 0.324. The molecule has 3 rings (SSSR count). The molecule has 0 aliphatic heterocycles. The van der Waals surface area contributed by atoms with Crippen molar-refractivity contribution in [1.29, 1.82) is 0 Å². The molecule has 0 aliphatic carbocycles. The first kappa shape index (κ1) is 27.6. The van der Waals surface area contributed by atoms with E-state index in [-0.39, 0.29) is 25.0 Å². The van der Waals surface area contributed by atoms with Crippen molar-refractivity contribution in [2.45, 2.75) is 38.8 Å². The fourth-order valence-corrected chi connectivity index (χ4v) is 3.99. The lowest BCUT2D eigenvalue weighted by molar-refractivity contribution is -0.142. The van der Waals surface area contributed by atoms with Gasteiger partial charge in [0, 0.05) is 19.5 Å². The van der Waals surface area contributed by atoms with Gasteiger partial charge >= 0.3 is 0 Å². The van der Waals surface area contributed by atoms with Crippen LogP contribution in [0.4, 0.5) is 0 Å². The zero-order chi connectivity index (χ0) is 26.5. The van der Waals surface area contributed by atoms with Gasteiger partial charge in [0.05, 0.1) is 14.2 Å². The van der Waals surface area contributed by atoms with E-state index in [1.54, 1.807) is 31.3 Å². The summed E-state index contributed by atoms with van der Waals surface area (Å²) in [7, 11) is 3.15. The minimum atomic E-state index is -0.723. The van der Waals surface area contributed by atoms with Gasteiger partial charge in [-0.3, -0.25) is 9.59 Å². The Bertz CT molecular complexity index is 1140. The summed E-state index contributed by atoms with van der Waals surface area (Å²) < 4.78 is 16.6. The molecule has 0 saturated carbocycles. The van der Waals surface area contributed by atoms with Gasteiger partial charge in [-0.1, -0.05) is 67.9 Å². The summed E-state index contributed by atoms with van der Waals surface area (Å²) in [6, 6.07) is 23.7. The van der Waals surface area contributed by atoms with E-state index in [4.69, 9.17) is 14.2 Å². The van der Waals surface area contributed by atoms with Gasteiger partial charge in [-0.25, -0.2) is 0 Å². The van der Waals surface area contributed by atoms with Crippen molar-refractivity contribution < 1.29 is 23.8 Å². The average molecular weight is 505 g/mol. The molecule has 0 bridgehead atoms. The first-order chi connectivity index (χ1) is 18.0. The summed E-state index contributed by atoms with van der Waals surface area (Å²) >= 11 is 0. The lowest BCUT2D eigenvalue weighted by Crippen LogP contribution is -2.51. The normalized spacial score (nSPS) is 11.3. The molecule has 37 heavy (non-hydrogen) atoms. The first-order valence-electron chi connectivity index (χ1n) is 12.6. The van der Waals surface area contributed by atoms with E-state index < -0.39 is 6.04 Å². The van der Waals surface area contributed by atoms with Crippen molar-refractivity contribution in [2.75, 3.05) is 27.4 Å². The average Bonchev–Trinajstić information content (AvgIpc) is 2.94. The highest BCUT2D eigenvalue weighted by molar-refractivity contribution is 5.88. The minimum Gasteiger partial charge on any atom is -0.497 e. The number of rotatable bonds is 14. The molecule has 0 spiro atoms. The van der Waals surface area contributed by atoms with Crippen LogP contribution < -0.4 is 19.5 Å². The zero-order valence-corrected chi connectivity index (χ0v) is 21.8. The van der Waals surface area contributed by atoms with E-state index in [1.807, 2.05) is 66.7 Å². The van der Waals surface area contributed by atoms with Gasteiger partial charge in [0.1, 0.15) is 11.8 Å². The van der Waals surface area contributed by atoms with Crippen molar-refractivity contribution in [2.24, 2.45) is 0 Å². The molecule has 0 heterocycles. The van der Waals surface area contributed by atoms with Crippen LogP contribution in [0.25, 0.3) is 0 Å². The summed E-state index contributed by atoms with van der Waals surface area (Å²) in [5, 5.41) is 3.02. The van der Waals surface area contributed by atoms with Crippen LogP contribution in [0.3, 0.4) is 0 Å². The highest BCUT2D eigenvalue weighted by Gasteiger charge is 2.30. The number of nitrogens with zero attached hydrogens (tertiary/aromatic N) is 1. The highest BCUT2D eigenvalue weighted by atomic mass is 16.5. The second-order valence-electron chi connectivity index (χ2n) is 8.66. The van der Waals surface area contributed by atoms with Crippen LogP contribution in [0.5, 0.6) is 17.2 Å². The second kappa shape index (κ2) is 14.5. The summed E-state index contributed by atoms with van der Waals surface area (Å²) in [5.74, 6) is 1.19. The van der Waals surface area contributed by atoms with Gasteiger partial charge in [0.15, 0.2) is 18.1 Å². The molecular formula is C30H36N2O5. The number of carbonyl (C=O) groups is 2. The Morgan fingerprint density at radius 1 is 0.865 bits per heavy atom. The summed E-state index contributed by atoms with van der Waals surface area (Å²) in [6.07, 6.45) is 2.20. The highest BCUT2D eigenvalue weighted by Crippen LogP contribution is 2.26. The first-order valence-corrected chi connectivity index (χ1v) is 12.6. The monoisotopic (exact) mass is 504 g/mol. The van der Waals surface area contributed by atoms with E-state index in [0.29, 0.717) is 30.2 Å². The zero-order valence-electron chi connectivity index (χ0n) is 21.8. The van der Waals surface area contributed by atoms with Crippen molar-refractivity contribution in [3.05, 3.63) is 90.0 Å². The predicted octanol–water partition coefficient (Wildman–Crippen LogP) is 4.64. The van der Waals surface area contributed by atoms with E-state index in [9.17, 15) is 9.59 Å². The van der Waals surface area contributed by atoms with Crippen LogP contribution in [0.15, 0.2) is 78.9 Å². The smallest absolute Gasteiger partial charge is 0.261 e. The lowest BCUT2D eigenvalue weighted by atomic mass is 10.0. The summed E-state index contributed by atoms with van der Waals surface area (Å²) in [6.45, 7) is 2.61. The maximum atomic E-state index is 13.7. The molecule has 0 radical (unpaired) electrons. The number of hydrogen-bond acceptors (Lipinski definition) is 5. The molecule has 7 nitrogen and oxygen atoms in total. The SMILES string of the molecule is CCCCNC(=O)[C@H](Cc1ccccc1)N(Cc1cccc(OC)c1)C(=O)COc1ccccc1OC. The van der Waals surface area contributed by atoms with Gasteiger partial charge in [0.2, 0.25) is 5.91 Å². The fourth-order valence-electron chi connectivity index (χ4n) is 3.99. The predicted molar refractivity (Wildman–Crippen MR) is 144 cm³/mol. The Kier molecular flexibility index (Phi) is 10.8. The Morgan fingerprint density at radius 2 is 1.57 bits per heavy atom. The molecule has 2 amide bonds. The summed E-state index contributed by atoms with van der Waals surface area (Å²) in [5.41, 5.74) is 1.82. The molecular weight excluding hydrogens is 468 g/mol. The van der Waals surface area contributed by atoms with E-state index in [0.717, 1.165) is 24.0 Å². The van der Waals surface area contributed by atoms with Crippen LogP contribution in [0.2, 0.25) is 0 Å². The molecule has 0 aliphatic rings. The lowest BCUT2D eigenvalue weighted by Gasteiger charge is -2.31. The second-order valence-corrected chi connectivity index (χ2v) is 8.66. The number of ether oxygens (including phenoxy) is 3. The number of carbonyl (C=O) groups excluding carboxylic acids is 2. The number of nitrogens with one attached hydrogen (secondary N) is 1. The van der Waals surface area contributed by atoms with Gasteiger partial charge in [-0.05, 0) is 41.8 Å². The van der Waals surface area contributed by atoms with Crippen molar-refractivity contribution in [3.63, 3.8) is 0 Å². The van der Waals surface area contributed by atoms with Crippen molar-refractivity contribution >= 4 is 11.8 Å². The fraction of sp³-hybridized carbons (Fsp3) is 0.333. The van der Waals surface area contributed by atoms with Crippen LogP contribution in [0, 0.1) is 0 Å². The Hall–Kier alpha value is -4.00. The van der Waals surface area contributed by atoms with Crippen LogP contribution in [-0.2, 0) is 22.6 Å². The molecule has 7 heteroatoms. The number of hydrogen-bond donors (Lipinski definition) is 1.